The highest BCUT2D eigenvalue weighted by Crippen LogP contribution is 2.28. The summed E-state index contributed by atoms with van der Waals surface area (Å²) in [5, 5.41) is 0. The van der Waals surface area contributed by atoms with Crippen LogP contribution in [-0.2, 0) is 0 Å². The molecule has 1 aromatic rings. The number of methoxy groups -OCH3 is 1. The van der Waals surface area contributed by atoms with Gasteiger partial charge in [-0.05, 0) is 12.8 Å². The summed E-state index contributed by atoms with van der Waals surface area (Å²) in [6.07, 6.45) is 4.98. The van der Waals surface area contributed by atoms with Crippen molar-refractivity contribution in [3.63, 3.8) is 0 Å². The third kappa shape index (κ3) is 3.12. The molecule has 5 heteroatoms. The van der Waals surface area contributed by atoms with Gasteiger partial charge in [0.25, 0.3) is 5.88 Å². The van der Waals surface area contributed by atoms with Gasteiger partial charge in [-0.1, -0.05) is 6.08 Å². The zero-order valence-corrected chi connectivity index (χ0v) is 8.77. The smallest absolute Gasteiger partial charge is 0.262 e. The summed E-state index contributed by atoms with van der Waals surface area (Å²) in [5.74, 6) is 1.05. The molecule has 0 atom stereocenters. The van der Waals surface area contributed by atoms with Gasteiger partial charge < -0.3 is 15.2 Å². The number of hydrogen-bond donors (Lipinski definition) is 1. The Morgan fingerprint density at radius 3 is 3.00 bits per heavy atom. The van der Waals surface area contributed by atoms with E-state index in [1.807, 2.05) is 6.08 Å². The Hall–Kier alpha value is -1.78. The quantitative estimate of drug-likeness (QED) is 0.566. The van der Waals surface area contributed by atoms with E-state index in [1.54, 1.807) is 0 Å². The predicted octanol–water partition coefficient (Wildman–Crippen LogP) is 1.41. The van der Waals surface area contributed by atoms with Crippen molar-refractivity contribution in [3.8, 4) is 11.6 Å². The van der Waals surface area contributed by atoms with E-state index in [4.69, 9.17) is 15.2 Å². The number of anilines is 1. The van der Waals surface area contributed by atoms with E-state index in [0.717, 1.165) is 12.8 Å². The van der Waals surface area contributed by atoms with E-state index in [0.29, 0.717) is 18.2 Å². The average Bonchev–Trinajstić information content (AvgIpc) is 2.24. The SMILES string of the molecule is C=CCCCOc1ncnc(N)c1OC. The first-order valence-corrected chi connectivity index (χ1v) is 4.67. The second-order valence-corrected chi connectivity index (χ2v) is 2.88. The lowest BCUT2D eigenvalue weighted by Gasteiger charge is -2.09. The van der Waals surface area contributed by atoms with E-state index in [-0.39, 0.29) is 5.82 Å². The highest BCUT2D eigenvalue weighted by Gasteiger charge is 2.09. The molecule has 1 aromatic heterocycles. The largest absolute Gasteiger partial charge is 0.489 e. The molecule has 0 amide bonds. The summed E-state index contributed by atoms with van der Waals surface area (Å²) < 4.78 is 10.4. The number of allylic oxidation sites excluding steroid dienone is 1. The van der Waals surface area contributed by atoms with Crippen molar-refractivity contribution in [1.82, 2.24) is 9.97 Å². The van der Waals surface area contributed by atoms with Crippen LogP contribution in [0.4, 0.5) is 5.82 Å². The minimum absolute atomic E-state index is 0.284. The number of rotatable bonds is 6. The van der Waals surface area contributed by atoms with Gasteiger partial charge in [0.15, 0.2) is 5.82 Å². The van der Waals surface area contributed by atoms with Gasteiger partial charge in [-0.15, -0.1) is 6.58 Å². The highest BCUT2D eigenvalue weighted by atomic mass is 16.5. The Morgan fingerprint density at radius 1 is 1.53 bits per heavy atom. The molecule has 0 aliphatic rings. The zero-order valence-electron chi connectivity index (χ0n) is 8.77. The number of aromatic nitrogens is 2. The van der Waals surface area contributed by atoms with E-state index in [2.05, 4.69) is 16.5 Å². The fourth-order valence-corrected chi connectivity index (χ4v) is 1.06. The maximum Gasteiger partial charge on any atom is 0.262 e. The van der Waals surface area contributed by atoms with E-state index >= 15 is 0 Å². The Labute approximate surface area is 88.9 Å². The minimum atomic E-state index is 0.284. The normalized spacial score (nSPS) is 9.67. The molecule has 0 spiro atoms. The first-order chi connectivity index (χ1) is 7.29. The maximum atomic E-state index is 5.59. The van der Waals surface area contributed by atoms with Crippen LogP contribution in [0, 0.1) is 0 Å². The zero-order chi connectivity index (χ0) is 11.1. The molecule has 0 bridgehead atoms. The summed E-state index contributed by atoms with van der Waals surface area (Å²) in [6.45, 7) is 4.18. The molecule has 0 fully saturated rings. The molecule has 0 saturated heterocycles. The first kappa shape index (κ1) is 11.3. The molecule has 1 heterocycles. The van der Waals surface area contributed by atoms with Gasteiger partial charge in [-0.25, -0.2) is 4.98 Å². The van der Waals surface area contributed by atoms with Gasteiger partial charge in [0, 0.05) is 0 Å². The minimum Gasteiger partial charge on any atom is -0.489 e. The molecule has 1 rings (SSSR count). The third-order valence-corrected chi connectivity index (χ3v) is 1.79. The van der Waals surface area contributed by atoms with Crippen molar-refractivity contribution in [2.24, 2.45) is 0 Å². The number of nitrogens with zero attached hydrogens (tertiary/aromatic N) is 2. The van der Waals surface area contributed by atoms with Crippen molar-refractivity contribution < 1.29 is 9.47 Å². The molecule has 82 valence electrons. The summed E-state index contributed by atoms with van der Waals surface area (Å²) in [6, 6.07) is 0. The fourth-order valence-electron chi connectivity index (χ4n) is 1.06. The summed E-state index contributed by atoms with van der Waals surface area (Å²) >= 11 is 0. The molecule has 0 aliphatic heterocycles. The van der Waals surface area contributed by atoms with Crippen LogP contribution in [-0.4, -0.2) is 23.7 Å². The lowest BCUT2D eigenvalue weighted by Crippen LogP contribution is -2.04. The van der Waals surface area contributed by atoms with Gasteiger partial charge in [0.2, 0.25) is 5.75 Å². The van der Waals surface area contributed by atoms with Gasteiger partial charge in [-0.2, -0.15) is 4.98 Å². The summed E-state index contributed by atoms with van der Waals surface area (Å²) in [4.78, 5) is 7.74. The lowest BCUT2D eigenvalue weighted by atomic mass is 10.3. The number of unbranched alkanes of at least 4 members (excludes halogenated alkanes) is 1. The fraction of sp³-hybridized carbons (Fsp3) is 0.400. The van der Waals surface area contributed by atoms with Crippen LogP contribution in [0.25, 0.3) is 0 Å². The summed E-state index contributed by atoms with van der Waals surface area (Å²) in [5.41, 5.74) is 5.59. The Morgan fingerprint density at radius 2 is 2.33 bits per heavy atom. The predicted molar refractivity (Wildman–Crippen MR) is 57.9 cm³/mol. The molecule has 0 aliphatic carbocycles. The second-order valence-electron chi connectivity index (χ2n) is 2.88. The number of ether oxygens (including phenoxy) is 2. The molecule has 5 nitrogen and oxygen atoms in total. The van der Waals surface area contributed by atoms with Gasteiger partial charge in [-0.3, -0.25) is 0 Å². The first-order valence-electron chi connectivity index (χ1n) is 4.67. The molecular weight excluding hydrogens is 194 g/mol. The van der Waals surface area contributed by atoms with Crippen molar-refractivity contribution in [2.75, 3.05) is 19.5 Å². The van der Waals surface area contributed by atoms with Crippen molar-refractivity contribution in [2.45, 2.75) is 12.8 Å². The van der Waals surface area contributed by atoms with E-state index in [1.165, 1.54) is 13.4 Å². The van der Waals surface area contributed by atoms with Crippen LogP contribution in [0.5, 0.6) is 11.6 Å². The molecule has 0 radical (unpaired) electrons. The molecule has 15 heavy (non-hydrogen) atoms. The average molecular weight is 209 g/mol. The number of nitrogen functional groups attached to an aromatic ring is 1. The Kier molecular flexibility index (Phi) is 4.40. The van der Waals surface area contributed by atoms with Gasteiger partial charge in [0.1, 0.15) is 6.33 Å². The second kappa shape index (κ2) is 5.85. The maximum absolute atomic E-state index is 5.59. The van der Waals surface area contributed by atoms with E-state index in [9.17, 15) is 0 Å². The Balaban J connectivity index is 2.59. The molecule has 0 aromatic carbocycles. The standard InChI is InChI=1S/C10H15N3O2/c1-3-4-5-6-15-10-8(14-2)9(11)12-7-13-10/h3,7H,1,4-6H2,2H3,(H2,11,12,13). The monoisotopic (exact) mass is 209 g/mol. The van der Waals surface area contributed by atoms with Gasteiger partial charge in [0.05, 0.1) is 13.7 Å². The van der Waals surface area contributed by atoms with Crippen molar-refractivity contribution in [3.05, 3.63) is 19.0 Å². The molecule has 2 N–H and O–H groups in total. The van der Waals surface area contributed by atoms with E-state index < -0.39 is 0 Å². The van der Waals surface area contributed by atoms with Crippen molar-refractivity contribution >= 4 is 5.82 Å². The van der Waals surface area contributed by atoms with Crippen LogP contribution in [0.15, 0.2) is 19.0 Å². The third-order valence-electron chi connectivity index (χ3n) is 1.79. The molecule has 0 saturated carbocycles. The molecular formula is C10H15N3O2. The van der Waals surface area contributed by atoms with Crippen molar-refractivity contribution in [1.29, 1.82) is 0 Å². The lowest BCUT2D eigenvalue weighted by molar-refractivity contribution is 0.278. The van der Waals surface area contributed by atoms with Gasteiger partial charge >= 0.3 is 0 Å². The van der Waals surface area contributed by atoms with Crippen LogP contribution in [0.1, 0.15) is 12.8 Å². The Bertz CT molecular complexity index is 328. The van der Waals surface area contributed by atoms with Crippen LogP contribution in [0.2, 0.25) is 0 Å². The van der Waals surface area contributed by atoms with Crippen LogP contribution < -0.4 is 15.2 Å². The van der Waals surface area contributed by atoms with Crippen LogP contribution in [0.3, 0.4) is 0 Å². The topological polar surface area (TPSA) is 70.3 Å². The molecule has 0 unspecified atom stereocenters. The highest BCUT2D eigenvalue weighted by molar-refractivity contribution is 5.51. The summed E-state index contributed by atoms with van der Waals surface area (Å²) in [7, 11) is 1.51. The number of nitrogens with two attached hydrogens (primary N) is 1. The number of hydrogen-bond acceptors (Lipinski definition) is 5. The van der Waals surface area contributed by atoms with Crippen LogP contribution >= 0.6 is 0 Å².